The van der Waals surface area contributed by atoms with Gasteiger partial charge in [0.05, 0.1) is 0 Å². The summed E-state index contributed by atoms with van der Waals surface area (Å²) in [4.78, 5) is 15.9. The van der Waals surface area contributed by atoms with Gasteiger partial charge in [-0.15, -0.1) is 0 Å². The molecule has 0 aromatic rings. The van der Waals surface area contributed by atoms with Crippen LogP contribution < -0.4 is 11.1 Å². The Morgan fingerprint density at radius 2 is 2.20 bits per heavy atom. The molecule has 1 heterocycles. The fourth-order valence-electron chi connectivity index (χ4n) is 1.88. The molecule has 5 heteroatoms. The summed E-state index contributed by atoms with van der Waals surface area (Å²) in [6.07, 6.45) is 2.28. The fraction of sp³-hybridized carbons (Fsp3) is 0.900. The van der Waals surface area contributed by atoms with Gasteiger partial charge in [0.2, 0.25) is 0 Å². The molecule has 0 spiro atoms. The van der Waals surface area contributed by atoms with Crippen molar-refractivity contribution in [1.82, 2.24) is 15.1 Å². The molecule has 2 aliphatic rings. The lowest BCUT2D eigenvalue weighted by molar-refractivity contribution is 0.113. The lowest BCUT2D eigenvalue weighted by Gasteiger charge is -2.38. The van der Waals surface area contributed by atoms with E-state index in [9.17, 15) is 4.79 Å². The molecule has 5 nitrogen and oxygen atoms in total. The van der Waals surface area contributed by atoms with Crippen LogP contribution in [0.15, 0.2) is 0 Å². The van der Waals surface area contributed by atoms with Gasteiger partial charge in [0.1, 0.15) is 0 Å². The van der Waals surface area contributed by atoms with Crippen molar-refractivity contribution in [3.8, 4) is 0 Å². The lowest BCUT2D eigenvalue weighted by Crippen LogP contribution is -2.57. The molecule has 2 amide bonds. The quantitative estimate of drug-likeness (QED) is 0.644. The third-order valence-corrected chi connectivity index (χ3v) is 3.24. The zero-order chi connectivity index (χ0) is 10.8. The minimum Gasteiger partial charge on any atom is -0.335 e. The van der Waals surface area contributed by atoms with E-state index in [-0.39, 0.29) is 6.03 Å². The van der Waals surface area contributed by atoms with Crippen LogP contribution in [0.5, 0.6) is 0 Å². The number of urea groups is 1. The number of piperazine rings is 1. The maximum Gasteiger partial charge on any atom is 0.317 e. The van der Waals surface area contributed by atoms with Gasteiger partial charge < -0.3 is 16.0 Å². The smallest absolute Gasteiger partial charge is 0.317 e. The molecule has 2 fully saturated rings. The Morgan fingerprint density at radius 3 is 2.80 bits per heavy atom. The fourth-order valence-corrected chi connectivity index (χ4v) is 1.88. The highest BCUT2D eigenvalue weighted by Gasteiger charge is 2.30. The Kier molecular flexibility index (Phi) is 3.11. The first-order valence-electron chi connectivity index (χ1n) is 5.66. The summed E-state index contributed by atoms with van der Waals surface area (Å²) in [6.45, 7) is 3.10. The molecule has 1 saturated carbocycles. The van der Waals surface area contributed by atoms with Crippen LogP contribution in [0, 0.1) is 0 Å². The summed E-state index contributed by atoms with van der Waals surface area (Å²) in [5, 5.41) is 3.01. The van der Waals surface area contributed by atoms with Gasteiger partial charge in [-0.1, -0.05) is 0 Å². The van der Waals surface area contributed by atoms with Crippen molar-refractivity contribution in [2.24, 2.45) is 5.73 Å². The van der Waals surface area contributed by atoms with Crippen LogP contribution in [0.4, 0.5) is 4.79 Å². The van der Waals surface area contributed by atoms with E-state index in [1.807, 2.05) is 4.90 Å². The number of hydrogen-bond acceptors (Lipinski definition) is 3. The molecule has 3 N–H and O–H groups in total. The monoisotopic (exact) mass is 212 g/mol. The number of hydrogen-bond donors (Lipinski definition) is 2. The van der Waals surface area contributed by atoms with E-state index in [0.29, 0.717) is 18.6 Å². The predicted octanol–water partition coefficient (Wildman–Crippen LogP) is -0.567. The van der Waals surface area contributed by atoms with Crippen LogP contribution in [0.2, 0.25) is 0 Å². The summed E-state index contributed by atoms with van der Waals surface area (Å²) in [5.41, 5.74) is 5.67. The SMILES string of the molecule is CN1CCN(C(=O)NC2CC2)CC1CN. The highest BCUT2D eigenvalue weighted by molar-refractivity contribution is 5.75. The highest BCUT2D eigenvalue weighted by atomic mass is 16.2. The number of nitrogens with zero attached hydrogens (tertiary/aromatic N) is 2. The number of nitrogens with one attached hydrogen (secondary N) is 1. The van der Waals surface area contributed by atoms with Crippen LogP contribution in [-0.2, 0) is 0 Å². The molecule has 86 valence electrons. The number of rotatable bonds is 2. The van der Waals surface area contributed by atoms with Gasteiger partial charge in [-0.2, -0.15) is 0 Å². The molecular formula is C10H20N4O. The van der Waals surface area contributed by atoms with Gasteiger partial charge in [-0.3, -0.25) is 4.90 Å². The third kappa shape index (κ3) is 2.60. The maximum atomic E-state index is 11.8. The van der Waals surface area contributed by atoms with Gasteiger partial charge in [0, 0.05) is 38.3 Å². The van der Waals surface area contributed by atoms with E-state index < -0.39 is 0 Å². The Hall–Kier alpha value is -0.810. The van der Waals surface area contributed by atoms with Crippen LogP contribution in [-0.4, -0.2) is 61.1 Å². The third-order valence-electron chi connectivity index (χ3n) is 3.24. The highest BCUT2D eigenvalue weighted by Crippen LogP contribution is 2.19. The van der Waals surface area contributed by atoms with E-state index in [1.165, 1.54) is 0 Å². The summed E-state index contributed by atoms with van der Waals surface area (Å²) >= 11 is 0. The van der Waals surface area contributed by atoms with Gasteiger partial charge in [-0.25, -0.2) is 4.79 Å². The first-order chi connectivity index (χ1) is 7.20. The van der Waals surface area contributed by atoms with E-state index in [0.717, 1.165) is 32.5 Å². The molecule has 1 unspecified atom stereocenters. The van der Waals surface area contributed by atoms with Gasteiger partial charge in [-0.05, 0) is 19.9 Å². The molecule has 0 aromatic heterocycles. The second kappa shape index (κ2) is 4.37. The number of carbonyl (C=O) groups excluding carboxylic acids is 1. The predicted molar refractivity (Wildman–Crippen MR) is 58.6 cm³/mol. The van der Waals surface area contributed by atoms with Gasteiger partial charge >= 0.3 is 6.03 Å². The number of amides is 2. The normalized spacial score (nSPS) is 27.9. The van der Waals surface area contributed by atoms with Crippen molar-refractivity contribution in [3.05, 3.63) is 0 Å². The van der Waals surface area contributed by atoms with Crippen molar-refractivity contribution in [2.45, 2.75) is 24.9 Å². The van der Waals surface area contributed by atoms with Crippen LogP contribution in [0.1, 0.15) is 12.8 Å². The molecule has 0 bridgehead atoms. The average molecular weight is 212 g/mol. The molecule has 1 atom stereocenters. The molecule has 0 radical (unpaired) electrons. The molecule has 1 aliphatic heterocycles. The van der Waals surface area contributed by atoms with Crippen molar-refractivity contribution in [1.29, 1.82) is 0 Å². The Bertz CT molecular complexity index is 242. The second-order valence-electron chi connectivity index (χ2n) is 4.54. The summed E-state index contributed by atoms with van der Waals surface area (Å²) in [5.74, 6) is 0. The van der Waals surface area contributed by atoms with E-state index in [1.54, 1.807) is 0 Å². The molecule has 2 rings (SSSR count). The van der Waals surface area contributed by atoms with Crippen LogP contribution in [0.3, 0.4) is 0 Å². The van der Waals surface area contributed by atoms with Crippen molar-refractivity contribution >= 4 is 6.03 Å². The topological polar surface area (TPSA) is 61.6 Å². The Labute approximate surface area is 90.6 Å². The van der Waals surface area contributed by atoms with Crippen molar-refractivity contribution < 1.29 is 4.79 Å². The first kappa shape index (κ1) is 10.7. The van der Waals surface area contributed by atoms with Crippen molar-refractivity contribution in [3.63, 3.8) is 0 Å². The minimum atomic E-state index is 0.0871. The molecule has 1 saturated heterocycles. The van der Waals surface area contributed by atoms with Crippen LogP contribution >= 0.6 is 0 Å². The first-order valence-corrected chi connectivity index (χ1v) is 5.66. The minimum absolute atomic E-state index is 0.0871. The van der Waals surface area contributed by atoms with Crippen LogP contribution in [0.25, 0.3) is 0 Å². The van der Waals surface area contributed by atoms with Crippen molar-refractivity contribution in [2.75, 3.05) is 33.2 Å². The van der Waals surface area contributed by atoms with E-state index in [4.69, 9.17) is 5.73 Å². The number of likely N-dealkylation sites (N-methyl/N-ethyl adjacent to an activating group) is 1. The molecule has 15 heavy (non-hydrogen) atoms. The lowest BCUT2D eigenvalue weighted by atomic mass is 10.2. The van der Waals surface area contributed by atoms with E-state index in [2.05, 4.69) is 17.3 Å². The summed E-state index contributed by atoms with van der Waals surface area (Å²) < 4.78 is 0. The average Bonchev–Trinajstić information content (AvgIpc) is 3.02. The number of carbonyl (C=O) groups is 1. The Balaban J connectivity index is 1.84. The zero-order valence-electron chi connectivity index (χ0n) is 9.28. The summed E-state index contributed by atoms with van der Waals surface area (Å²) in [6, 6.07) is 0.834. The zero-order valence-corrected chi connectivity index (χ0v) is 9.28. The summed E-state index contributed by atoms with van der Waals surface area (Å²) in [7, 11) is 2.06. The number of nitrogens with two attached hydrogens (primary N) is 1. The largest absolute Gasteiger partial charge is 0.335 e. The maximum absolute atomic E-state index is 11.8. The van der Waals surface area contributed by atoms with E-state index >= 15 is 0 Å². The molecule has 0 aromatic carbocycles. The molecular weight excluding hydrogens is 192 g/mol. The standard InChI is InChI=1S/C10H20N4O/c1-13-4-5-14(7-9(13)6-11)10(15)12-8-2-3-8/h8-9H,2-7,11H2,1H3,(H,12,15). The second-order valence-corrected chi connectivity index (χ2v) is 4.54. The Morgan fingerprint density at radius 1 is 1.47 bits per heavy atom. The van der Waals surface area contributed by atoms with Gasteiger partial charge in [0.25, 0.3) is 0 Å². The molecule has 1 aliphatic carbocycles. The van der Waals surface area contributed by atoms with Gasteiger partial charge in [0.15, 0.2) is 0 Å².